The van der Waals surface area contributed by atoms with Gasteiger partial charge in [0.1, 0.15) is 6.10 Å². The summed E-state index contributed by atoms with van der Waals surface area (Å²) in [7, 11) is 0. The van der Waals surface area contributed by atoms with Crippen LogP contribution in [0.2, 0.25) is 0 Å². The molecule has 0 bridgehead atoms. The molecule has 1 saturated heterocycles. The van der Waals surface area contributed by atoms with E-state index in [0.717, 1.165) is 0 Å². The Morgan fingerprint density at radius 1 is 1.62 bits per heavy atom. The van der Waals surface area contributed by atoms with E-state index >= 15 is 0 Å². The summed E-state index contributed by atoms with van der Waals surface area (Å²) in [5.74, 6) is -0.723. The van der Waals surface area contributed by atoms with E-state index in [1.165, 1.54) is 0 Å². The van der Waals surface area contributed by atoms with Crippen LogP contribution in [0, 0.1) is 11.8 Å². The fraction of sp³-hybridized carbons (Fsp3) is 0.700. The maximum Gasteiger partial charge on any atom is 0.311 e. The standard InChI is InChI=1S/C10H16O3/c1-4-5-8-6(2)9(11)7(3)10(12)13-8/h4,6-9,11H,1,5H2,2-3H3/t6-,7+,8-,9-/m0/s1. The highest BCUT2D eigenvalue weighted by Crippen LogP contribution is 2.27. The van der Waals surface area contributed by atoms with Crippen LogP contribution in [-0.4, -0.2) is 23.3 Å². The minimum atomic E-state index is -0.591. The Labute approximate surface area is 78.4 Å². The first-order valence-electron chi connectivity index (χ1n) is 4.57. The number of aliphatic hydroxyl groups is 1. The predicted octanol–water partition coefficient (Wildman–Crippen LogP) is 1.12. The van der Waals surface area contributed by atoms with Crippen LogP contribution in [-0.2, 0) is 9.53 Å². The highest BCUT2D eigenvalue weighted by molar-refractivity contribution is 5.73. The number of carbonyl (C=O) groups excluding carboxylic acids is 1. The molecule has 1 aliphatic rings. The Kier molecular flexibility index (Phi) is 3.09. The third-order valence-corrected chi connectivity index (χ3v) is 2.68. The molecular formula is C10H16O3. The molecule has 0 saturated carbocycles. The van der Waals surface area contributed by atoms with Crippen LogP contribution in [0.1, 0.15) is 20.3 Å². The third kappa shape index (κ3) is 1.91. The molecule has 1 N–H and O–H groups in total. The Morgan fingerprint density at radius 3 is 2.77 bits per heavy atom. The number of carbonyl (C=O) groups is 1. The van der Waals surface area contributed by atoms with Gasteiger partial charge in [0.2, 0.25) is 0 Å². The van der Waals surface area contributed by atoms with Crippen molar-refractivity contribution in [1.29, 1.82) is 0 Å². The van der Waals surface area contributed by atoms with Crippen molar-refractivity contribution in [3.8, 4) is 0 Å². The van der Waals surface area contributed by atoms with Crippen LogP contribution in [0.25, 0.3) is 0 Å². The van der Waals surface area contributed by atoms with Crippen LogP contribution >= 0.6 is 0 Å². The first-order chi connectivity index (χ1) is 6.07. The number of ether oxygens (including phenoxy) is 1. The molecule has 0 amide bonds. The summed E-state index contributed by atoms with van der Waals surface area (Å²) >= 11 is 0. The smallest absolute Gasteiger partial charge is 0.311 e. The maximum atomic E-state index is 11.2. The molecule has 3 nitrogen and oxygen atoms in total. The van der Waals surface area contributed by atoms with Crippen LogP contribution in [0.5, 0.6) is 0 Å². The summed E-state index contributed by atoms with van der Waals surface area (Å²) in [5.41, 5.74) is 0. The topological polar surface area (TPSA) is 46.5 Å². The minimum absolute atomic E-state index is 0.00861. The lowest BCUT2D eigenvalue weighted by molar-refractivity contribution is -0.176. The van der Waals surface area contributed by atoms with Gasteiger partial charge >= 0.3 is 5.97 Å². The Balaban J connectivity index is 2.69. The normalized spacial score (nSPS) is 39.8. The van der Waals surface area contributed by atoms with Gasteiger partial charge in [0.05, 0.1) is 12.0 Å². The lowest BCUT2D eigenvalue weighted by Gasteiger charge is -2.35. The van der Waals surface area contributed by atoms with Crippen molar-refractivity contribution >= 4 is 5.97 Å². The SMILES string of the molecule is C=CC[C@@H]1OC(=O)[C@H](C)[C@@H](O)[C@H]1C. The third-order valence-electron chi connectivity index (χ3n) is 2.68. The monoisotopic (exact) mass is 184 g/mol. The van der Waals surface area contributed by atoms with E-state index in [1.54, 1.807) is 13.0 Å². The molecule has 0 unspecified atom stereocenters. The zero-order chi connectivity index (χ0) is 10.0. The van der Waals surface area contributed by atoms with Gasteiger partial charge < -0.3 is 9.84 Å². The first-order valence-corrected chi connectivity index (χ1v) is 4.57. The Bertz CT molecular complexity index is 212. The molecular weight excluding hydrogens is 168 g/mol. The lowest BCUT2D eigenvalue weighted by atomic mass is 9.85. The van der Waals surface area contributed by atoms with Crippen molar-refractivity contribution in [3.05, 3.63) is 12.7 Å². The molecule has 0 aromatic heterocycles. The van der Waals surface area contributed by atoms with Crippen molar-refractivity contribution < 1.29 is 14.6 Å². The molecule has 1 heterocycles. The number of rotatable bonds is 2. The van der Waals surface area contributed by atoms with Gasteiger partial charge in [-0.25, -0.2) is 0 Å². The van der Waals surface area contributed by atoms with E-state index in [4.69, 9.17) is 4.74 Å². The molecule has 0 spiro atoms. The van der Waals surface area contributed by atoms with E-state index in [-0.39, 0.29) is 18.0 Å². The fourth-order valence-corrected chi connectivity index (χ4v) is 1.61. The van der Waals surface area contributed by atoms with Crippen LogP contribution in [0.4, 0.5) is 0 Å². The first kappa shape index (κ1) is 10.3. The van der Waals surface area contributed by atoms with Crippen LogP contribution < -0.4 is 0 Å². The van der Waals surface area contributed by atoms with Crippen molar-refractivity contribution in [3.63, 3.8) is 0 Å². The molecule has 1 fully saturated rings. The minimum Gasteiger partial charge on any atom is -0.461 e. The highest BCUT2D eigenvalue weighted by Gasteiger charge is 2.39. The van der Waals surface area contributed by atoms with E-state index in [2.05, 4.69) is 6.58 Å². The number of esters is 1. The predicted molar refractivity (Wildman–Crippen MR) is 49.0 cm³/mol. The van der Waals surface area contributed by atoms with Crippen molar-refractivity contribution in [2.24, 2.45) is 11.8 Å². The van der Waals surface area contributed by atoms with Crippen LogP contribution in [0.3, 0.4) is 0 Å². The highest BCUT2D eigenvalue weighted by atomic mass is 16.5. The fourth-order valence-electron chi connectivity index (χ4n) is 1.61. The second-order valence-electron chi connectivity index (χ2n) is 3.64. The number of hydrogen-bond donors (Lipinski definition) is 1. The molecule has 1 aliphatic heterocycles. The molecule has 0 aromatic rings. The average molecular weight is 184 g/mol. The molecule has 4 atom stereocenters. The van der Waals surface area contributed by atoms with Crippen molar-refractivity contribution in [2.45, 2.75) is 32.5 Å². The van der Waals surface area contributed by atoms with Crippen molar-refractivity contribution in [1.82, 2.24) is 0 Å². The molecule has 0 aliphatic carbocycles. The summed E-state index contributed by atoms with van der Waals surface area (Å²) in [5, 5.41) is 9.68. The molecule has 0 aromatic carbocycles. The second kappa shape index (κ2) is 3.92. The van der Waals surface area contributed by atoms with Gasteiger partial charge in [0.25, 0.3) is 0 Å². The van der Waals surface area contributed by atoms with Gasteiger partial charge in [-0.05, 0) is 6.92 Å². The molecule has 13 heavy (non-hydrogen) atoms. The van der Waals surface area contributed by atoms with Crippen LogP contribution in [0.15, 0.2) is 12.7 Å². The second-order valence-corrected chi connectivity index (χ2v) is 3.64. The number of hydrogen-bond acceptors (Lipinski definition) is 3. The molecule has 74 valence electrons. The molecule has 0 radical (unpaired) electrons. The maximum absolute atomic E-state index is 11.2. The summed E-state index contributed by atoms with van der Waals surface area (Å²) in [6.45, 7) is 7.16. The Morgan fingerprint density at radius 2 is 2.23 bits per heavy atom. The molecule has 3 heteroatoms. The largest absolute Gasteiger partial charge is 0.461 e. The molecule has 1 rings (SSSR count). The lowest BCUT2D eigenvalue weighted by Crippen LogP contribution is -2.46. The summed E-state index contributed by atoms with van der Waals surface area (Å²) in [6, 6.07) is 0. The summed E-state index contributed by atoms with van der Waals surface area (Å²) in [4.78, 5) is 11.2. The zero-order valence-electron chi connectivity index (χ0n) is 8.06. The van der Waals surface area contributed by atoms with Gasteiger partial charge in [-0.3, -0.25) is 4.79 Å². The summed E-state index contributed by atoms with van der Waals surface area (Å²) in [6.07, 6.45) is 1.51. The zero-order valence-corrected chi connectivity index (χ0v) is 8.06. The van der Waals surface area contributed by atoms with Gasteiger partial charge in [-0.1, -0.05) is 13.0 Å². The Hall–Kier alpha value is -0.830. The number of aliphatic hydroxyl groups excluding tert-OH is 1. The van der Waals surface area contributed by atoms with Gasteiger partial charge in [-0.15, -0.1) is 6.58 Å². The van der Waals surface area contributed by atoms with E-state index in [0.29, 0.717) is 6.42 Å². The van der Waals surface area contributed by atoms with Gasteiger partial charge in [-0.2, -0.15) is 0 Å². The van der Waals surface area contributed by atoms with E-state index < -0.39 is 12.0 Å². The number of cyclic esters (lactones) is 1. The van der Waals surface area contributed by atoms with Gasteiger partial charge in [0.15, 0.2) is 0 Å². The average Bonchev–Trinajstić information content (AvgIpc) is 2.11. The van der Waals surface area contributed by atoms with Gasteiger partial charge in [0, 0.05) is 12.3 Å². The quantitative estimate of drug-likeness (QED) is 0.516. The van der Waals surface area contributed by atoms with E-state index in [1.807, 2.05) is 6.92 Å². The van der Waals surface area contributed by atoms with Crippen molar-refractivity contribution in [2.75, 3.05) is 0 Å². The summed E-state index contributed by atoms with van der Waals surface area (Å²) < 4.78 is 5.15. The van der Waals surface area contributed by atoms with E-state index in [9.17, 15) is 9.90 Å².